The zero-order chi connectivity index (χ0) is 15.0. The molecule has 1 aromatic carbocycles. The number of amidine groups is 3. The molecule has 5 nitrogen and oxygen atoms in total. The van der Waals surface area contributed by atoms with Gasteiger partial charge in [0.2, 0.25) is 5.17 Å². The van der Waals surface area contributed by atoms with Crippen LogP contribution in [0.4, 0.5) is 0 Å². The maximum Gasteiger partial charge on any atom is 0.283 e. The number of hydrogen-bond donors (Lipinski definition) is 1. The number of benzene rings is 1. The highest BCUT2D eigenvalue weighted by Crippen LogP contribution is 2.30. The SMILES string of the molecule is CSC1=NSC2=NC(=O)C(=Cc3ccc(C)cc3)C(=N)N12. The number of rotatable bonds is 1. The van der Waals surface area contributed by atoms with Crippen molar-refractivity contribution in [2.24, 2.45) is 9.39 Å². The molecule has 1 N–H and O–H groups in total. The van der Waals surface area contributed by atoms with Crippen LogP contribution in [-0.4, -0.2) is 33.2 Å². The number of aliphatic imine (C=N–C) groups is 1. The fourth-order valence-electron chi connectivity index (χ4n) is 1.96. The number of hydrogen-bond acceptors (Lipinski definition) is 5. The van der Waals surface area contributed by atoms with Gasteiger partial charge < -0.3 is 0 Å². The Kier molecular flexibility index (Phi) is 3.69. The predicted molar refractivity (Wildman–Crippen MR) is 89.7 cm³/mol. The van der Waals surface area contributed by atoms with Crippen molar-refractivity contribution in [1.82, 2.24) is 4.90 Å². The summed E-state index contributed by atoms with van der Waals surface area (Å²) in [7, 11) is 0. The van der Waals surface area contributed by atoms with Crippen LogP contribution in [0.15, 0.2) is 39.2 Å². The minimum Gasteiger partial charge on any atom is -0.283 e. The van der Waals surface area contributed by atoms with E-state index < -0.39 is 5.91 Å². The van der Waals surface area contributed by atoms with Crippen molar-refractivity contribution in [2.45, 2.75) is 6.92 Å². The average Bonchev–Trinajstić information content (AvgIpc) is 2.88. The minimum atomic E-state index is -0.392. The molecule has 0 atom stereocenters. The smallest absolute Gasteiger partial charge is 0.283 e. The van der Waals surface area contributed by atoms with Crippen molar-refractivity contribution in [2.75, 3.05) is 6.26 Å². The first-order valence-corrected chi connectivity index (χ1v) is 8.19. The molecular weight excluding hydrogens is 304 g/mol. The van der Waals surface area contributed by atoms with Gasteiger partial charge in [0, 0.05) is 0 Å². The maximum atomic E-state index is 12.1. The number of aryl methyl sites for hydroxylation is 1. The van der Waals surface area contributed by atoms with Crippen LogP contribution < -0.4 is 0 Å². The van der Waals surface area contributed by atoms with E-state index in [-0.39, 0.29) is 11.4 Å². The first kappa shape index (κ1) is 14.1. The van der Waals surface area contributed by atoms with E-state index in [1.807, 2.05) is 37.4 Å². The Morgan fingerprint density at radius 3 is 2.71 bits per heavy atom. The highest BCUT2D eigenvalue weighted by Gasteiger charge is 2.36. The molecule has 21 heavy (non-hydrogen) atoms. The van der Waals surface area contributed by atoms with Crippen LogP contribution in [-0.2, 0) is 4.79 Å². The Hall–Kier alpha value is -1.86. The molecule has 1 amide bonds. The summed E-state index contributed by atoms with van der Waals surface area (Å²) in [5.74, 6) is -0.263. The van der Waals surface area contributed by atoms with E-state index in [0.29, 0.717) is 10.3 Å². The largest absolute Gasteiger partial charge is 0.283 e. The Balaban J connectivity index is 2.00. The summed E-state index contributed by atoms with van der Waals surface area (Å²) in [6, 6.07) is 7.78. The lowest BCUT2D eigenvalue weighted by Crippen LogP contribution is -2.41. The van der Waals surface area contributed by atoms with Crippen LogP contribution in [0, 0.1) is 12.3 Å². The van der Waals surface area contributed by atoms with Gasteiger partial charge in [-0.1, -0.05) is 41.6 Å². The summed E-state index contributed by atoms with van der Waals surface area (Å²) < 4.78 is 4.21. The van der Waals surface area contributed by atoms with Crippen molar-refractivity contribution in [3.8, 4) is 0 Å². The van der Waals surface area contributed by atoms with Gasteiger partial charge in [-0.3, -0.25) is 10.2 Å². The molecule has 0 saturated heterocycles. The van der Waals surface area contributed by atoms with Gasteiger partial charge in [0.15, 0.2) is 5.17 Å². The molecule has 0 fully saturated rings. The topological polar surface area (TPSA) is 68.9 Å². The van der Waals surface area contributed by atoms with E-state index in [9.17, 15) is 4.79 Å². The fraction of sp³-hybridized carbons (Fsp3) is 0.143. The molecule has 3 rings (SSSR count). The second kappa shape index (κ2) is 5.50. The molecule has 0 radical (unpaired) electrons. The molecule has 0 unspecified atom stereocenters. The third-order valence-corrected chi connectivity index (χ3v) is 4.52. The second-order valence-electron chi connectivity index (χ2n) is 4.52. The summed E-state index contributed by atoms with van der Waals surface area (Å²) in [6.07, 6.45) is 3.58. The molecule has 0 bridgehead atoms. The van der Waals surface area contributed by atoms with Crippen LogP contribution >= 0.6 is 23.7 Å². The lowest BCUT2D eigenvalue weighted by Gasteiger charge is -2.23. The van der Waals surface area contributed by atoms with Crippen molar-refractivity contribution in [1.29, 1.82) is 5.41 Å². The van der Waals surface area contributed by atoms with Crippen LogP contribution in [0.2, 0.25) is 0 Å². The normalized spacial score (nSPS) is 19.7. The van der Waals surface area contributed by atoms with Crippen molar-refractivity contribution in [3.05, 3.63) is 41.0 Å². The van der Waals surface area contributed by atoms with Crippen LogP contribution in [0.5, 0.6) is 0 Å². The molecule has 0 spiro atoms. The summed E-state index contributed by atoms with van der Waals surface area (Å²) in [5, 5.41) is 9.40. The number of nitrogens with one attached hydrogen (secondary N) is 1. The molecule has 0 aliphatic carbocycles. The van der Waals surface area contributed by atoms with Crippen LogP contribution in [0.3, 0.4) is 0 Å². The van der Waals surface area contributed by atoms with E-state index in [0.717, 1.165) is 23.1 Å². The molecule has 0 aromatic heterocycles. The highest BCUT2D eigenvalue weighted by atomic mass is 32.2. The Morgan fingerprint density at radius 1 is 1.33 bits per heavy atom. The molecule has 106 valence electrons. The first-order valence-electron chi connectivity index (χ1n) is 6.19. The molecular formula is C14H12N4OS2. The lowest BCUT2D eigenvalue weighted by molar-refractivity contribution is -0.114. The highest BCUT2D eigenvalue weighted by molar-refractivity contribution is 8.18. The van der Waals surface area contributed by atoms with Crippen molar-refractivity contribution in [3.63, 3.8) is 0 Å². The summed E-state index contributed by atoms with van der Waals surface area (Å²) in [5.41, 5.74) is 2.31. The van der Waals surface area contributed by atoms with Crippen molar-refractivity contribution >= 4 is 51.9 Å². The van der Waals surface area contributed by atoms with Gasteiger partial charge in [0.1, 0.15) is 5.84 Å². The quantitative estimate of drug-likeness (QED) is 0.639. The fourth-order valence-corrected chi connectivity index (χ4v) is 3.41. The van der Waals surface area contributed by atoms with Crippen LogP contribution in [0.25, 0.3) is 6.08 Å². The second-order valence-corrected chi connectivity index (χ2v) is 6.03. The average molecular weight is 316 g/mol. The number of fused-ring (bicyclic) bond motifs is 1. The Labute approximate surface area is 130 Å². The first-order chi connectivity index (χ1) is 10.1. The maximum absolute atomic E-state index is 12.1. The van der Waals surface area contributed by atoms with Gasteiger partial charge in [-0.25, -0.2) is 4.90 Å². The summed E-state index contributed by atoms with van der Waals surface area (Å²) >= 11 is 2.56. The van der Waals surface area contributed by atoms with E-state index >= 15 is 0 Å². The third kappa shape index (κ3) is 2.54. The minimum absolute atomic E-state index is 0.128. The zero-order valence-electron chi connectivity index (χ0n) is 11.5. The molecule has 2 heterocycles. The number of carbonyl (C=O) groups is 1. The molecule has 7 heteroatoms. The van der Waals surface area contributed by atoms with Gasteiger partial charge in [-0.15, -0.1) is 0 Å². The monoisotopic (exact) mass is 316 g/mol. The number of nitrogens with zero attached hydrogens (tertiary/aromatic N) is 3. The number of thioether (sulfide) groups is 1. The Morgan fingerprint density at radius 2 is 2.05 bits per heavy atom. The van der Waals surface area contributed by atoms with Gasteiger partial charge >= 0.3 is 0 Å². The Bertz CT molecular complexity index is 719. The van der Waals surface area contributed by atoms with Crippen LogP contribution in [0.1, 0.15) is 11.1 Å². The van der Waals surface area contributed by atoms with Crippen molar-refractivity contribution < 1.29 is 4.79 Å². The van der Waals surface area contributed by atoms with Gasteiger partial charge in [-0.05, 0) is 24.8 Å². The summed E-state index contributed by atoms with van der Waals surface area (Å²) in [4.78, 5) is 17.7. The van der Waals surface area contributed by atoms with Gasteiger partial charge in [0.05, 0.1) is 17.5 Å². The predicted octanol–water partition coefficient (Wildman–Crippen LogP) is 2.93. The van der Waals surface area contributed by atoms with Gasteiger partial charge in [0.25, 0.3) is 5.91 Å². The standard InChI is InChI=1S/C14H12N4OS2/c1-8-3-5-9(6-4-8)7-10-11(15)18-13(16-12(10)19)21-17-14(18)20-2/h3-7,15H,1-2H3. The molecule has 1 aromatic rings. The lowest BCUT2D eigenvalue weighted by atomic mass is 10.1. The molecule has 0 saturated carbocycles. The van der Waals surface area contributed by atoms with E-state index in [1.54, 1.807) is 11.0 Å². The van der Waals surface area contributed by atoms with E-state index in [4.69, 9.17) is 5.41 Å². The van der Waals surface area contributed by atoms with E-state index in [2.05, 4.69) is 9.39 Å². The zero-order valence-corrected chi connectivity index (χ0v) is 13.1. The number of amides is 1. The number of carbonyl (C=O) groups excluding carboxylic acids is 1. The summed E-state index contributed by atoms with van der Waals surface area (Å²) in [6.45, 7) is 2.00. The van der Waals surface area contributed by atoms with Gasteiger partial charge in [-0.2, -0.15) is 9.39 Å². The van der Waals surface area contributed by atoms with E-state index in [1.165, 1.54) is 11.8 Å². The molecule has 2 aliphatic heterocycles. The molecule has 2 aliphatic rings. The third-order valence-electron chi connectivity index (χ3n) is 3.07.